The Morgan fingerprint density at radius 3 is 2.74 bits per heavy atom. The molecule has 19 heavy (non-hydrogen) atoms. The van der Waals surface area contributed by atoms with Crippen LogP contribution in [0.3, 0.4) is 0 Å². The number of hydrogen-bond acceptors (Lipinski definition) is 3. The molecule has 0 spiro atoms. The predicted octanol–water partition coefficient (Wildman–Crippen LogP) is 3.73. The Labute approximate surface area is 126 Å². The smallest absolute Gasteiger partial charge is 0.219 e. The molecular weight excluding hydrogens is 351 g/mol. The van der Waals surface area contributed by atoms with Gasteiger partial charge in [-0.1, -0.05) is 18.2 Å². The molecule has 0 aliphatic heterocycles. The van der Waals surface area contributed by atoms with Crippen molar-refractivity contribution in [2.45, 2.75) is 25.4 Å². The number of aromatic nitrogens is 1. The molecule has 0 unspecified atom stereocenters. The Kier molecular flexibility index (Phi) is 3.98. The van der Waals surface area contributed by atoms with Crippen LogP contribution in [0.4, 0.5) is 0 Å². The third kappa shape index (κ3) is 3.67. The topological polar surface area (TPSA) is 34.1 Å². The molecule has 1 aromatic carbocycles. The van der Waals surface area contributed by atoms with Crippen molar-refractivity contribution in [2.75, 3.05) is 0 Å². The highest BCUT2D eigenvalue weighted by atomic mass is 127. The molecule has 4 heteroatoms. The largest absolute Gasteiger partial charge is 0.438 e. The molecule has 1 aromatic heterocycles. The van der Waals surface area contributed by atoms with Crippen molar-refractivity contribution in [2.24, 2.45) is 0 Å². The van der Waals surface area contributed by atoms with E-state index in [0.29, 0.717) is 5.88 Å². The summed E-state index contributed by atoms with van der Waals surface area (Å²) in [6.07, 6.45) is 4.49. The van der Waals surface area contributed by atoms with Gasteiger partial charge in [0.05, 0.1) is 3.57 Å². The molecule has 1 N–H and O–H groups in total. The number of hydrogen-bond donors (Lipinski definition) is 1. The van der Waals surface area contributed by atoms with Gasteiger partial charge in [-0.2, -0.15) is 0 Å². The summed E-state index contributed by atoms with van der Waals surface area (Å²) in [7, 11) is 0. The summed E-state index contributed by atoms with van der Waals surface area (Å²) >= 11 is 2.26. The van der Waals surface area contributed by atoms with Gasteiger partial charge >= 0.3 is 0 Å². The van der Waals surface area contributed by atoms with Gasteiger partial charge in [0, 0.05) is 24.8 Å². The van der Waals surface area contributed by atoms with Gasteiger partial charge in [-0.25, -0.2) is 4.98 Å². The molecule has 3 rings (SSSR count). The summed E-state index contributed by atoms with van der Waals surface area (Å²) in [6.45, 7) is 0.890. The number of nitrogens with one attached hydrogen (secondary N) is 1. The van der Waals surface area contributed by atoms with Crippen LogP contribution in [0.2, 0.25) is 0 Å². The minimum absolute atomic E-state index is 0.638. The lowest BCUT2D eigenvalue weighted by Gasteiger charge is -2.07. The van der Waals surface area contributed by atoms with E-state index in [-0.39, 0.29) is 0 Å². The molecule has 1 heterocycles. The molecule has 0 saturated heterocycles. The fourth-order valence-electron chi connectivity index (χ4n) is 1.77. The SMILES string of the molecule is Ic1ccccc1Oc1ccc(CNC2CC2)cn1. The van der Waals surface area contributed by atoms with Crippen molar-refractivity contribution in [3.8, 4) is 11.6 Å². The molecule has 0 atom stereocenters. The van der Waals surface area contributed by atoms with E-state index >= 15 is 0 Å². The third-order valence-corrected chi connectivity index (χ3v) is 3.91. The van der Waals surface area contributed by atoms with Crippen LogP contribution in [0.5, 0.6) is 11.6 Å². The van der Waals surface area contributed by atoms with Crippen molar-refractivity contribution in [3.63, 3.8) is 0 Å². The van der Waals surface area contributed by atoms with E-state index < -0.39 is 0 Å². The fraction of sp³-hybridized carbons (Fsp3) is 0.267. The van der Waals surface area contributed by atoms with E-state index in [9.17, 15) is 0 Å². The molecule has 98 valence electrons. The Morgan fingerprint density at radius 2 is 2.05 bits per heavy atom. The first-order chi connectivity index (χ1) is 9.31. The standard InChI is InChI=1S/C15H15IN2O/c16-13-3-1-2-4-14(13)19-15-8-5-11(10-18-15)9-17-12-6-7-12/h1-5,8,10,12,17H,6-7,9H2. The van der Waals surface area contributed by atoms with Gasteiger partial charge in [0.2, 0.25) is 5.88 Å². The number of para-hydroxylation sites is 1. The molecular formula is C15H15IN2O. The number of halogens is 1. The maximum absolute atomic E-state index is 5.76. The van der Waals surface area contributed by atoms with Crippen LogP contribution in [0.1, 0.15) is 18.4 Å². The monoisotopic (exact) mass is 366 g/mol. The van der Waals surface area contributed by atoms with E-state index in [4.69, 9.17) is 4.74 Å². The second kappa shape index (κ2) is 5.88. The van der Waals surface area contributed by atoms with Crippen LogP contribution in [0.25, 0.3) is 0 Å². The molecule has 0 bridgehead atoms. The van der Waals surface area contributed by atoms with Crippen molar-refractivity contribution < 1.29 is 4.74 Å². The van der Waals surface area contributed by atoms with E-state index in [1.165, 1.54) is 18.4 Å². The van der Waals surface area contributed by atoms with Crippen LogP contribution < -0.4 is 10.1 Å². The van der Waals surface area contributed by atoms with Gasteiger partial charge in [0.25, 0.3) is 0 Å². The Morgan fingerprint density at radius 1 is 1.21 bits per heavy atom. The van der Waals surface area contributed by atoms with Crippen LogP contribution in [0.15, 0.2) is 42.6 Å². The lowest BCUT2D eigenvalue weighted by Crippen LogP contribution is -2.15. The van der Waals surface area contributed by atoms with Gasteiger partial charge < -0.3 is 10.1 Å². The molecule has 0 amide bonds. The molecule has 3 nitrogen and oxygen atoms in total. The number of nitrogens with zero attached hydrogens (tertiary/aromatic N) is 1. The molecule has 1 fully saturated rings. The number of pyridine rings is 1. The second-order valence-corrected chi connectivity index (χ2v) is 5.85. The first kappa shape index (κ1) is 12.9. The van der Waals surface area contributed by atoms with Crippen LogP contribution in [-0.4, -0.2) is 11.0 Å². The second-order valence-electron chi connectivity index (χ2n) is 4.69. The summed E-state index contributed by atoms with van der Waals surface area (Å²) in [5.41, 5.74) is 1.20. The summed E-state index contributed by atoms with van der Waals surface area (Å²) in [5, 5.41) is 3.47. The van der Waals surface area contributed by atoms with Gasteiger partial charge in [-0.15, -0.1) is 0 Å². The average Bonchev–Trinajstić information content (AvgIpc) is 3.25. The molecule has 1 saturated carbocycles. The zero-order chi connectivity index (χ0) is 13.1. The number of benzene rings is 1. The lowest BCUT2D eigenvalue weighted by atomic mass is 10.3. The Bertz CT molecular complexity index is 552. The zero-order valence-corrected chi connectivity index (χ0v) is 12.6. The minimum atomic E-state index is 0.638. The van der Waals surface area contributed by atoms with E-state index in [1.807, 2.05) is 36.5 Å². The summed E-state index contributed by atoms with van der Waals surface area (Å²) in [4.78, 5) is 4.35. The molecule has 0 radical (unpaired) electrons. The minimum Gasteiger partial charge on any atom is -0.438 e. The van der Waals surface area contributed by atoms with Crippen LogP contribution in [0, 0.1) is 3.57 Å². The average molecular weight is 366 g/mol. The summed E-state index contributed by atoms with van der Waals surface area (Å²) in [6, 6.07) is 12.6. The molecule has 1 aliphatic rings. The Balaban J connectivity index is 1.63. The van der Waals surface area contributed by atoms with E-state index in [2.05, 4.69) is 39.0 Å². The highest BCUT2D eigenvalue weighted by Crippen LogP contribution is 2.25. The quantitative estimate of drug-likeness (QED) is 0.819. The zero-order valence-electron chi connectivity index (χ0n) is 10.5. The van der Waals surface area contributed by atoms with E-state index in [0.717, 1.165) is 21.9 Å². The number of rotatable bonds is 5. The highest BCUT2D eigenvalue weighted by Gasteiger charge is 2.19. The molecule has 1 aliphatic carbocycles. The molecule has 2 aromatic rings. The van der Waals surface area contributed by atoms with Gasteiger partial charge in [0.15, 0.2) is 0 Å². The maximum atomic E-state index is 5.76. The van der Waals surface area contributed by atoms with Crippen molar-refractivity contribution >= 4 is 22.6 Å². The lowest BCUT2D eigenvalue weighted by molar-refractivity contribution is 0.459. The van der Waals surface area contributed by atoms with E-state index in [1.54, 1.807) is 0 Å². The summed E-state index contributed by atoms with van der Waals surface area (Å²) in [5.74, 6) is 1.48. The van der Waals surface area contributed by atoms with Crippen LogP contribution >= 0.6 is 22.6 Å². The van der Waals surface area contributed by atoms with Gasteiger partial charge in [0.1, 0.15) is 5.75 Å². The van der Waals surface area contributed by atoms with Crippen molar-refractivity contribution in [3.05, 3.63) is 51.7 Å². The van der Waals surface area contributed by atoms with Crippen molar-refractivity contribution in [1.29, 1.82) is 0 Å². The van der Waals surface area contributed by atoms with Crippen molar-refractivity contribution in [1.82, 2.24) is 10.3 Å². The Hall–Kier alpha value is -1.14. The third-order valence-electron chi connectivity index (χ3n) is 3.02. The summed E-state index contributed by atoms with van der Waals surface area (Å²) < 4.78 is 6.85. The normalized spacial score (nSPS) is 14.4. The van der Waals surface area contributed by atoms with Crippen LogP contribution in [-0.2, 0) is 6.54 Å². The first-order valence-electron chi connectivity index (χ1n) is 6.42. The first-order valence-corrected chi connectivity index (χ1v) is 7.50. The number of ether oxygens (including phenoxy) is 1. The predicted molar refractivity (Wildman–Crippen MR) is 83.3 cm³/mol. The van der Waals surface area contributed by atoms with Gasteiger partial charge in [-0.3, -0.25) is 0 Å². The van der Waals surface area contributed by atoms with Gasteiger partial charge in [-0.05, 0) is 53.1 Å². The maximum Gasteiger partial charge on any atom is 0.219 e. The highest BCUT2D eigenvalue weighted by molar-refractivity contribution is 14.1. The fourth-order valence-corrected chi connectivity index (χ4v) is 2.26.